The van der Waals surface area contributed by atoms with Gasteiger partial charge in [0.05, 0.1) is 13.2 Å². The van der Waals surface area contributed by atoms with Crippen molar-refractivity contribution in [3.63, 3.8) is 0 Å². The molecule has 0 spiro atoms. The number of piperidine rings is 1. The molecule has 1 aliphatic heterocycles. The van der Waals surface area contributed by atoms with Gasteiger partial charge in [0.2, 0.25) is 0 Å². The number of ether oxygens (including phenoxy) is 2. The van der Waals surface area contributed by atoms with Crippen molar-refractivity contribution in [2.45, 2.75) is 31.5 Å². The molecule has 104 valence electrons. The van der Waals surface area contributed by atoms with Crippen molar-refractivity contribution in [2.75, 3.05) is 26.3 Å². The highest BCUT2D eigenvalue weighted by Gasteiger charge is 2.32. The Balaban J connectivity index is 2.39. The maximum absolute atomic E-state index is 11.6. The van der Waals surface area contributed by atoms with Crippen LogP contribution in [0.1, 0.15) is 26.7 Å². The molecular weight excluding hydrogens is 302 g/mol. The number of hydrogen-bond acceptors (Lipinski definition) is 4. The average molecular weight is 322 g/mol. The van der Waals surface area contributed by atoms with Crippen LogP contribution >= 0.6 is 15.9 Å². The maximum atomic E-state index is 11.6. The fourth-order valence-corrected chi connectivity index (χ4v) is 2.66. The topological polar surface area (TPSA) is 55.8 Å². The van der Waals surface area contributed by atoms with E-state index in [9.17, 15) is 9.59 Å². The van der Waals surface area contributed by atoms with E-state index in [1.807, 2.05) is 0 Å². The molecule has 0 bridgehead atoms. The van der Waals surface area contributed by atoms with E-state index in [0.29, 0.717) is 26.3 Å². The number of nitrogens with zero attached hydrogens (tertiary/aromatic N) is 1. The van der Waals surface area contributed by atoms with Gasteiger partial charge in [-0.15, -0.1) is 0 Å². The van der Waals surface area contributed by atoms with Gasteiger partial charge in [0.25, 0.3) is 0 Å². The standard InChI is InChI=1S/C12H20BrNO4/c1-3-17-11(15)10(13)9-5-7-14(8-6-9)12(16)18-4-2/h9-10H,3-8H2,1-2H3. The molecule has 5 nitrogen and oxygen atoms in total. The third kappa shape index (κ3) is 4.15. The van der Waals surface area contributed by atoms with E-state index in [0.717, 1.165) is 12.8 Å². The Morgan fingerprint density at radius 3 is 2.28 bits per heavy atom. The minimum atomic E-state index is -0.276. The summed E-state index contributed by atoms with van der Waals surface area (Å²) in [7, 11) is 0. The van der Waals surface area contributed by atoms with Gasteiger partial charge < -0.3 is 14.4 Å². The lowest BCUT2D eigenvalue weighted by atomic mass is 9.94. The van der Waals surface area contributed by atoms with Gasteiger partial charge in [0.1, 0.15) is 4.83 Å². The predicted octanol–water partition coefficient (Wildman–Crippen LogP) is 2.18. The number of halogens is 1. The first-order valence-electron chi connectivity index (χ1n) is 6.32. The highest BCUT2D eigenvalue weighted by molar-refractivity contribution is 9.10. The smallest absolute Gasteiger partial charge is 0.409 e. The van der Waals surface area contributed by atoms with Crippen molar-refractivity contribution >= 4 is 28.0 Å². The second-order valence-corrected chi connectivity index (χ2v) is 5.16. The van der Waals surface area contributed by atoms with Crippen LogP contribution < -0.4 is 0 Å². The van der Waals surface area contributed by atoms with E-state index >= 15 is 0 Å². The zero-order valence-corrected chi connectivity index (χ0v) is 12.4. The Morgan fingerprint density at radius 1 is 1.22 bits per heavy atom. The van der Waals surface area contributed by atoms with Crippen LogP contribution in [0.4, 0.5) is 4.79 Å². The summed E-state index contributed by atoms with van der Waals surface area (Å²) in [6, 6.07) is 0. The number of esters is 1. The van der Waals surface area contributed by atoms with Crippen LogP contribution in [0.5, 0.6) is 0 Å². The zero-order chi connectivity index (χ0) is 13.5. The molecule has 1 heterocycles. The number of hydrogen-bond donors (Lipinski definition) is 0. The number of rotatable bonds is 4. The fraction of sp³-hybridized carbons (Fsp3) is 0.833. The largest absolute Gasteiger partial charge is 0.465 e. The third-order valence-corrected chi connectivity index (χ3v) is 4.11. The molecular formula is C12H20BrNO4. The molecule has 0 aliphatic carbocycles. The second kappa shape index (κ2) is 7.61. The highest BCUT2D eigenvalue weighted by atomic mass is 79.9. The lowest BCUT2D eigenvalue weighted by Gasteiger charge is -2.32. The number of carbonyl (C=O) groups excluding carboxylic acids is 2. The van der Waals surface area contributed by atoms with E-state index in [4.69, 9.17) is 9.47 Å². The summed E-state index contributed by atoms with van der Waals surface area (Å²) in [4.78, 5) is 24.5. The molecule has 0 saturated carbocycles. The van der Waals surface area contributed by atoms with Crippen LogP contribution in [0.15, 0.2) is 0 Å². The van der Waals surface area contributed by atoms with Gasteiger partial charge in [-0.3, -0.25) is 4.79 Å². The Hall–Kier alpha value is -0.780. The van der Waals surface area contributed by atoms with Crippen molar-refractivity contribution in [3.8, 4) is 0 Å². The monoisotopic (exact) mass is 321 g/mol. The Bertz CT molecular complexity index is 290. The van der Waals surface area contributed by atoms with E-state index in [-0.39, 0.29) is 22.8 Å². The summed E-state index contributed by atoms with van der Waals surface area (Å²) in [5.41, 5.74) is 0. The number of alkyl halides is 1. The molecule has 0 N–H and O–H groups in total. The van der Waals surface area contributed by atoms with Crippen molar-refractivity contribution < 1.29 is 19.1 Å². The maximum Gasteiger partial charge on any atom is 0.409 e. The van der Waals surface area contributed by atoms with Gasteiger partial charge in [-0.05, 0) is 32.6 Å². The SMILES string of the molecule is CCOC(=O)C(Br)C1CCN(C(=O)OCC)CC1. The van der Waals surface area contributed by atoms with E-state index in [1.54, 1.807) is 18.7 Å². The molecule has 0 aromatic rings. The minimum Gasteiger partial charge on any atom is -0.465 e. The molecule has 1 atom stereocenters. The summed E-state index contributed by atoms with van der Waals surface area (Å²) >= 11 is 3.38. The summed E-state index contributed by atoms with van der Waals surface area (Å²) in [5.74, 6) is 0.00168. The second-order valence-electron chi connectivity index (χ2n) is 4.18. The third-order valence-electron chi connectivity index (χ3n) is 2.99. The number of carbonyl (C=O) groups is 2. The highest BCUT2D eigenvalue weighted by Crippen LogP contribution is 2.26. The van der Waals surface area contributed by atoms with Gasteiger partial charge in [0, 0.05) is 13.1 Å². The summed E-state index contributed by atoms with van der Waals surface area (Å²) in [6.45, 7) is 5.63. The Kier molecular flexibility index (Phi) is 6.46. The van der Waals surface area contributed by atoms with Crippen molar-refractivity contribution in [2.24, 2.45) is 5.92 Å². The van der Waals surface area contributed by atoms with Gasteiger partial charge in [-0.1, -0.05) is 15.9 Å². The summed E-state index contributed by atoms with van der Waals surface area (Å²) < 4.78 is 9.93. The lowest BCUT2D eigenvalue weighted by molar-refractivity contribution is -0.143. The van der Waals surface area contributed by atoms with Crippen LogP contribution in [0.25, 0.3) is 0 Å². The van der Waals surface area contributed by atoms with Gasteiger partial charge >= 0.3 is 12.1 Å². The fourth-order valence-electron chi connectivity index (χ4n) is 2.00. The average Bonchev–Trinajstić information content (AvgIpc) is 2.38. The first-order valence-corrected chi connectivity index (χ1v) is 7.24. The van der Waals surface area contributed by atoms with Crippen LogP contribution in [-0.4, -0.2) is 48.1 Å². The molecule has 1 aliphatic rings. The van der Waals surface area contributed by atoms with E-state index < -0.39 is 0 Å². The first kappa shape index (κ1) is 15.3. The Labute approximate surface area is 116 Å². The number of amides is 1. The molecule has 1 amide bonds. The summed E-state index contributed by atoms with van der Waals surface area (Å²) in [6.07, 6.45) is 1.30. The van der Waals surface area contributed by atoms with Crippen molar-refractivity contribution in [3.05, 3.63) is 0 Å². The molecule has 18 heavy (non-hydrogen) atoms. The predicted molar refractivity (Wildman–Crippen MR) is 70.7 cm³/mol. The van der Waals surface area contributed by atoms with Crippen LogP contribution in [0.2, 0.25) is 0 Å². The van der Waals surface area contributed by atoms with Gasteiger partial charge in [0.15, 0.2) is 0 Å². The molecule has 6 heteroatoms. The molecule has 0 aromatic carbocycles. The molecule has 0 radical (unpaired) electrons. The normalized spacial score (nSPS) is 18.3. The Morgan fingerprint density at radius 2 is 1.78 bits per heavy atom. The lowest BCUT2D eigenvalue weighted by Crippen LogP contribution is -2.42. The molecule has 1 saturated heterocycles. The van der Waals surface area contributed by atoms with E-state index in [1.165, 1.54) is 0 Å². The minimum absolute atomic E-state index is 0.216. The zero-order valence-electron chi connectivity index (χ0n) is 10.9. The van der Waals surface area contributed by atoms with Gasteiger partial charge in [-0.2, -0.15) is 0 Å². The van der Waals surface area contributed by atoms with Crippen molar-refractivity contribution in [1.82, 2.24) is 4.90 Å². The molecule has 0 aromatic heterocycles. The molecule has 1 fully saturated rings. The first-order chi connectivity index (χ1) is 8.60. The quantitative estimate of drug-likeness (QED) is 0.588. The van der Waals surface area contributed by atoms with Crippen molar-refractivity contribution in [1.29, 1.82) is 0 Å². The van der Waals surface area contributed by atoms with Crippen LogP contribution in [0, 0.1) is 5.92 Å². The molecule has 1 unspecified atom stereocenters. The summed E-state index contributed by atoms with van der Waals surface area (Å²) in [5, 5.41) is 0. The van der Waals surface area contributed by atoms with Gasteiger partial charge in [-0.25, -0.2) is 4.79 Å². The number of likely N-dealkylation sites (tertiary alicyclic amines) is 1. The molecule has 1 rings (SSSR count). The van der Waals surface area contributed by atoms with Crippen LogP contribution in [-0.2, 0) is 14.3 Å². The van der Waals surface area contributed by atoms with E-state index in [2.05, 4.69) is 15.9 Å². The van der Waals surface area contributed by atoms with Crippen LogP contribution in [0.3, 0.4) is 0 Å².